The van der Waals surface area contributed by atoms with E-state index in [2.05, 4.69) is 18.3 Å². The number of fused-ring (bicyclic) bond motifs is 5. The first kappa shape index (κ1) is 18.6. The van der Waals surface area contributed by atoms with Crippen LogP contribution in [0.5, 0.6) is 5.75 Å². The Kier molecular flexibility index (Phi) is 4.24. The maximum Gasteiger partial charge on any atom is 0.255 e. The van der Waals surface area contributed by atoms with Crippen LogP contribution in [0.2, 0.25) is 0 Å². The third kappa shape index (κ3) is 2.75. The molecule has 4 atom stereocenters. The van der Waals surface area contributed by atoms with Crippen LogP contribution < -0.4 is 15.0 Å². The molecule has 0 aromatic heterocycles. The van der Waals surface area contributed by atoms with Gasteiger partial charge in [-0.05, 0) is 61.6 Å². The molecule has 6 heteroatoms. The third-order valence-electron chi connectivity index (χ3n) is 6.60. The first-order valence-electron chi connectivity index (χ1n) is 10.1. The van der Waals surface area contributed by atoms with Crippen LogP contribution in [0.15, 0.2) is 60.2 Å². The maximum absolute atomic E-state index is 13.0. The van der Waals surface area contributed by atoms with E-state index in [-0.39, 0.29) is 41.4 Å². The molecule has 2 fully saturated rings. The molecule has 30 heavy (non-hydrogen) atoms. The number of carbonyl (C=O) groups is 3. The summed E-state index contributed by atoms with van der Waals surface area (Å²) in [7, 11) is 1.57. The number of hydrogen-bond acceptors (Lipinski definition) is 4. The summed E-state index contributed by atoms with van der Waals surface area (Å²) in [6.07, 6.45) is 3.07. The van der Waals surface area contributed by atoms with E-state index in [4.69, 9.17) is 4.74 Å². The van der Waals surface area contributed by atoms with E-state index >= 15 is 0 Å². The fourth-order valence-corrected chi connectivity index (χ4v) is 5.19. The Morgan fingerprint density at radius 2 is 1.80 bits per heavy atom. The van der Waals surface area contributed by atoms with Crippen LogP contribution in [0.4, 0.5) is 11.4 Å². The lowest BCUT2D eigenvalue weighted by Crippen LogP contribution is -2.33. The van der Waals surface area contributed by atoms with E-state index in [9.17, 15) is 14.4 Å². The van der Waals surface area contributed by atoms with Gasteiger partial charge in [-0.3, -0.25) is 19.3 Å². The van der Waals surface area contributed by atoms with E-state index in [0.717, 1.165) is 6.42 Å². The number of rotatable bonds is 4. The molecule has 2 aromatic carbocycles. The predicted octanol–water partition coefficient (Wildman–Crippen LogP) is 3.65. The van der Waals surface area contributed by atoms with Crippen LogP contribution in [0.25, 0.3) is 0 Å². The molecule has 1 aliphatic heterocycles. The molecule has 5 rings (SSSR count). The minimum Gasteiger partial charge on any atom is -0.497 e. The Morgan fingerprint density at radius 1 is 1.07 bits per heavy atom. The van der Waals surface area contributed by atoms with Gasteiger partial charge in [-0.15, -0.1) is 0 Å². The van der Waals surface area contributed by atoms with Crippen LogP contribution in [0.1, 0.15) is 23.7 Å². The molecule has 2 bridgehead atoms. The van der Waals surface area contributed by atoms with Crippen LogP contribution >= 0.6 is 0 Å². The molecule has 0 spiro atoms. The maximum atomic E-state index is 13.0. The van der Waals surface area contributed by atoms with Crippen molar-refractivity contribution in [1.29, 1.82) is 0 Å². The van der Waals surface area contributed by atoms with Crippen LogP contribution in [-0.4, -0.2) is 24.8 Å². The SMILES string of the molecule is COc1cccc(NC(=O)c2ccc(N3C(=O)[C@@H]4[C@H](C3=O)[C@@H]3C[C@@H]4C=C3C)cc2)c1. The first-order chi connectivity index (χ1) is 14.5. The van der Waals surface area contributed by atoms with Gasteiger partial charge in [0.2, 0.25) is 11.8 Å². The molecule has 1 saturated heterocycles. The number of ether oxygens (including phenoxy) is 1. The van der Waals surface area contributed by atoms with E-state index in [1.54, 1.807) is 55.6 Å². The summed E-state index contributed by atoms with van der Waals surface area (Å²) >= 11 is 0. The average molecular weight is 402 g/mol. The van der Waals surface area contributed by atoms with Gasteiger partial charge in [0.1, 0.15) is 5.75 Å². The lowest BCUT2D eigenvalue weighted by atomic mass is 9.82. The van der Waals surface area contributed by atoms with Gasteiger partial charge in [-0.25, -0.2) is 0 Å². The van der Waals surface area contributed by atoms with Crippen LogP contribution in [0.3, 0.4) is 0 Å². The van der Waals surface area contributed by atoms with Gasteiger partial charge < -0.3 is 10.1 Å². The second-order valence-corrected chi connectivity index (χ2v) is 8.21. The van der Waals surface area contributed by atoms with Gasteiger partial charge in [-0.1, -0.05) is 17.7 Å². The standard InChI is InChI=1S/C24H22N2O4/c1-13-10-15-11-19(13)21-20(15)23(28)26(24(21)29)17-8-6-14(7-9-17)22(27)25-16-4-3-5-18(12-16)30-2/h3-10,12,15,19-21H,11H2,1-2H3,(H,25,27)/t15-,19+,20-,21+/m0/s1. The summed E-state index contributed by atoms with van der Waals surface area (Å²) in [4.78, 5) is 39.9. The second kappa shape index (κ2) is 6.83. The van der Waals surface area contributed by atoms with Gasteiger partial charge in [0.15, 0.2) is 0 Å². The lowest BCUT2D eigenvalue weighted by Gasteiger charge is -2.19. The van der Waals surface area contributed by atoms with Crippen molar-refractivity contribution in [2.75, 3.05) is 17.3 Å². The summed E-state index contributed by atoms with van der Waals surface area (Å²) in [6, 6.07) is 13.7. The zero-order chi connectivity index (χ0) is 21.0. The minimum absolute atomic E-state index is 0.112. The molecule has 3 amide bonds. The molecule has 0 radical (unpaired) electrons. The fourth-order valence-electron chi connectivity index (χ4n) is 5.19. The van der Waals surface area contributed by atoms with E-state index in [0.29, 0.717) is 22.7 Å². The number of nitrogens with zero attached hydrogens (tertiary/aromatic N) is 1. The predicted molar refractivity (Wildman–Crippen MR) is 112 cm³/mol. The smallest absolute Gasteiger partial charge is 0.255 e. The average Bonchev–Trinajstić information content (AvgIpc) is 3.38. The number of allylic oxidation sites excluding steroid dienone is 2. The number of anilines is 2. The number of amides is 3. The molecule has 6 nitrogen and oxygen atoms in total. The molecule has 1 saturated carbocycles. The van der Waals surface area contributed by atoms with Crippen molar-refractivity contribution in [3.05, 3.63) is 65.7 Å². The highest BCUT2D eigenvalue weighted by atomic mass is 16.5. The van der Waals surface area contributed by atoms with Crippen molar-refractivity contribution in [3.8, 4) is 5.75 Å². The number of benzene rings is 2. The molecule has 152 valence electrons. The van der Waals surface area contributed by atoms with E-state index in [1.807, 2.05) is 0 Å². The quantitative estimate of drug-likeness (QED) is 0.626. The molecule has 2 aromatic rings. The highest BCUT2D eigenvalue weighted by molar-refractivity contribution is 6.23. The Hall–Kier alpha value is -3.41. The van der Waals surface area contributed by atoms with Crippen molar-refractivity contribution < 1.29 is 19.1 Å². The zero-order valence-electron chi connectivity index (χ0n) is 16.8. The number of methoxy groups -OCH3 is 1. The molecule has 1 N–H and O–H groups in total. The highest BCUT2D eigenvalue weighted by Crippen LogP contribution is 2.55. The van der Waals surface area contributed by atoms with E-state index < -0.39 is 0 Å². The highest BCUT2D eigenvalue weighted by Gasteiger charge is 2.60. The molecule has 3 aliphatic rings. The molecular weight excluding hydrogens is 380 g/mol. The van der Waals surface area contributed by atoms with Crippen molar-refractivity contribution in [3.63, 3.8) is 0 Å². The Morgan fingerprint density at radius 3 is 2.53 bits per heavy atom. The Balaban J connectivity index is 1.34. The molecule has 0 unspecified atom stereocenters. The van der Waals surface area contributed by atoms with Gasteiger partial charge >= 0.3 is 0 Å². The summed E-state index contributed by atoms with van der Waals surface area (Å²) in [5, 5.41) is 2.82. The number of nitrogens with one attached hydrogen (secondary N) is 1. The normalized spacial score (nSPS) is 26.6. The van der Waals surface area contributed by atoms with Gasteiger partial charge in [0.25, 0.3) is 5.91 Å². The number of carbonyl (C=O) groups excluding carboxylic acids is 3. The number of imide groups is 1. The fraction of sp³-hybridized carbons (Fsp3) is 0.292. The monoisotopic (exact) mass is 402 g/mol. The van der Waals surface area contributed by atoms with Crippen molar-refractivity contribution in [1.82, 2.24) is 0 Å². The molecule has 1 heterocycles. The van der Waals surface area contributed by atoms with Gasteiger partial charge in [0.05, 0.1) is 24.6 Å². The van der Waals surface area contributed by atoms with Crippen molar-refractivity contribution >= 4 is 29.1 Å². The third-order valence-corrected chi connectivity index (χ3v) is 6.60. The molecule has 2 aliphatic carbocycles. The summed E-state index contributed by atoms with van der Waals surface area (Å²) in [5.41, 5.74) is 2.82. The topological polar surface area (TPSA) is 75.7 Å². The minimum atomic E-state index is -0.274. The van der Waals surface area contributed by atoms with E-state index in [1.165, 1.54) is 10.5 Å². The largest absolute Gasteiger partial charge is 0.497 e. The van der Waals surface area contributed by atoms with Crippen molar-refractivity contribution in [2.45, 2.75) is 13.3 Å². The lowest BCUT2D eigenvalue weighted by molar-refractivity contribution is -0.123. The van der Waals surface area contributed by atoms with Crippen LogP contribution in [0, 0.1) is 23.7 Å². The Labute approximate surface area is 174 Å². The van der Waals surface area contributed by atoms with Crippen molar-refractivity contribution in [2.24, 2.45) is 23.7 Å². The molecular formula is C24H22N2O4. The zero-order valence-corrected chi connectivity index (χ0v) is 16.8. The van der Waals surface area contributed by atoms with Gasteiger partial charge in [-0.2, -0.15) is 0 Å². The van der Waals surface area contributed by atoms with Crippen LogP contribution in [-0.2, 0) is 9.59 Å². The number of hydrogen-bond donors (Lipinski definition) is 1. The van der Waals surface area contributed by atoms with Gasteiger partial charge in [0, 0.05) is 17.3 Å². The summed E-state index contributed by atoms with van der Waals surface area (Å²) in [6.45, 7) is 2.05. The second-order valence-electron chi connectivity index (χ2n) is 8.21. The summed E-state index contributed by atoms with van der Waals surface area (Å²) < 4.78 is 5.17. The summed E-state index contributed by atoms with van der Waals surface area (Å²) in [5.74, 6) is 0.0462. The first-order valence-corrected chi connectivity index (χ1v) is 10.1. The Bertz CT molecular complexity index is 1090.